The van der Waals surface area contributed by atoms with E-state index in [1.54, 1.807) is 24.3 Å². The minimum atomic E-state index is -0.766. The third-order valence-electron chi connectivity index (χ3n) is 3.54. The fourth-order valence-corrected chi connectivity index (χ4v) is 2.12. The van der Waals surface area contributed by atoms with Crippen molar-refractivity contribution in [1.82, 2.24) is 0 Å². The van der Waals surface area contributed by atoms with Gasteiger partial charge in [-0.15, -0.1) is 0 Å². The molecule has 2 rings (SSSR count). The lowest BCUT2D eigenvalue weighted by atomic mass is 9.85. The molecule has 0 heterocycles. The highest BCUT2D eigenvalue weighted by molar-refractivity contribution is 6.00. The normalized spacial score (nSPS) is 17.3. The van der Waals surface area contributed by atoms with Gasteiger partial charge in [-0.3, -0.25) is 9.59 Å². The first kappa shape index (κ1) is 12.8. The van der Waals surface area contributed by atoms with Gasteiger partial charge in [0, 0.05) is 11.0 Å². The van der Waals surface area contributed by atoms with Gasteiger partial charge in [0.1, 0.15) is 0 Å². The molecule has 1 aromatic rings. The van der Waals surface area contributed by atoms with Crippen LogP contribution < -0.4 is 0 Å². The Labute approximate surface area is 107 Å². The molecule has 0 aliphatic heterocycles. The van der Waals surface area contributed by atoms with Crippen LogP contribution >= 0.6 is 0 Å². The van der Waals surface area contributed by atoms with E-state index < -0.39 is 16.8 Å². The Morgan fingerprint density at radius 2 is 1.61 bits per heavy atom. The predicted octanol–water partition coefficient (Wildman–Crippen LogP) is 3.03. The standard InChI is InChI=1S/C15H18O3/c1-14(2,3)12(16)10-4-6-11(7-5-10)15(8-9-15)13(17)18/h4-7H,8-9H2,1-3H3,(H,17,18). The lowest BCUT2D eigenvalue weighted by Gasteiger charge is -2.17. The molecule has 0 amide bonds. The number of carbonyl (C=O) groups excluding carboxylic acids is 1. The fraction of sp³-hybridized carbons (Fsp3) is 0.467. The largest absolute Gasteiger partial charge is 0.481 e. The van der Waals surface area contributed by atoms with Crippen LogP contribution in [0.5, 0.6) is 0 Å². The molecule has 0 spiro atoms. The number of Topliss-reactive ketones (excluding diaryl/α,β-unsaturated/α-hetero) is 1. The highest BCUT2D eigenvalue weighted by Crippen LogP contribution is 2.48. The van der Waals surface area contributed by atoms with Crippen LogP contribution in [0, 0.1) is 5.41 Å². The molecule has 3 heteroatoms. The SMILES string of the molecule is CC(C)(C)C(=O)c1ccc(C2(C(=O)O)CC2)cc1. The Morgan fingerprint density at radius 1 is 1.11 bits per heavy atom. The molecule has 1 aromatic carbocycles. The van der Waals surface area contributed by atoms with E-state index in [-0.39, 0.29) is 5.78 Å². The number of hydrogen-bond acceptors (Lipinski definition) is 2. The molecule has 1 aliphatic carbocycles. The van der Waals surface area contributed by atoms with Crippen LogP contribution in [0.3, 0.4) is 0 Å². The molecule has 1 aliphatic rings. The number of carbonyl (C=O) groups is 2. The minimum absolute atomic E-state index is 0.0780. The number of aliphatic carboxylic acids is 1. The monoisotopic (exact) mass is 246 g/mol. The molecular formula is C15H18O3. The van der Waals surface area contributed by atoms with Gasteiger partial charge in [0.15, 0.2) is 5.78 Å². The minimum Gasteiger partial charge on any atom is -0.481 e. The number of ketones is 1. The lowest BCUT2D eigenvalue weighted by molar-refractivity contribution is -0.140. The first-order valence-electron chi connectivity index (χ1n) is 6.16. The van der Waals surface area contributed by atoms with Gasteiger partial charge in [-0.1, -0.05) is 45.0 Å². The zero-order valence-corrected chi connectivity index (χ0v) is 11.0. The summed E-state index contributed by atoms with van der Waals surface area (Å²) in [5, 5.41) is 9.20. The van der Waals surface area contributed by atoms with Crippen LogP contribution in [0.1, 0.15) is 49.5 Å². The summed E-state index contributed by atoms with van der Waals surface area (Å²) in [6.45, 7) is 5.63. The summed E-state index contributed by atoms with van der Waals surface area (Å²) >= 11 is 0. The zero-order chi connectivity index (χ0) is 13.6. The Morgan fingerprint density at radius 3 is 1.94 bits per heavy atom. The van der Waals surface area contributed by atoms with Gasteiger partial charge in [0.05, 0.1) is 5.41 Å². The number of carboxylic acids is 1. The van der Waals surface area contributed by atoms with Crippen LogP contribution in [0.4, 0.5) is 0 Å². The van der Waals surface area contributed by atoms with E-state index in [1.807, 2.05) is 20.8 Å². The summed E-state index contributed by atoms with van der Waals surface area (Å²) in [5.74, 6) is -0.688. The molecule has 1 saturated carbocycles. The molecule has 18 heavy (non-hydrogen) atoms. The number of hydrogen-bond donors (Lipinski definition) is 1. The molecule has 0 saturated heterocycles. The van der Waals surface area contributed by atoms with Crippen molar-refractivity contribution >= 4 is 11.8 Å². The summed E-state index contributed by atoms with van der Waals surface area (Å²) in [6.07, 6.45) is 1.38. The first-order chi connectivity index (χ1) is 8.27. The molecule has 0 unspecified atom stereocenters. The first-order valence-corrected chi connectivity index (χ1v) is 6.16. The van der Waals surface area contributed by atoms with E-state index in [0.29, 0.717) is 18.4 Å². The van der Waals surface area contributed by atoms with E-state index >= 15 is 0 Å². The van der Waals surface area contributed by atoms with Crippen LogP contribution in [0.15, 0.2) is 24.3 Å². The highest BCUT2D eigenvalue weighted by Gasteiger charge is 2.51. The van der Waals surface area contributed by atoms with Crippen molar-refractivity contribution in [2.75, 3.05) is 0 Å². The molecule has 0 atom stereocenters. The van der Waals surface area contributed by atoms with Gasteiger partial charge in [-0.05, 0) is 18.4 Å². The van der Waals surface area contributed by atoms with Crippen molar-refractivity contribution < 1.29 is 14.7 Å². The summed E-state index contributed by atoms with van der Waals surface area (Å²) in [4.78, 5) is 23.3. The molecule has 96 valence electrons. The molecule has 1 N–H and O–H groups in total. The average Bonchev–Trinajstić information content (AvgIpc) is 3.08. The summed E-state index contributed by atoms with van der Waals surface area (Å²) < 4.78 is 0. The van der Waals surface area contributed by atoms with Crippen molar-refractivity contribution in [2.45, 2.75) is 39.0 Å². The second kappa shape index (κ2) is 3.94. The van der Waals surface area contributed by atoms with Crippen LogP contribution in [0.2, 0.25) is 0 Å². The van der Waals surface area contributed by atoms with Gasteiger partial charge in [-0.2, -0.15) is 0 Å². The summed E-state index contributed by atoms with van der Waals surface area (Å²) in [6, 6.07) is 7.04. The second-order valence-electron chi connectivity index (χ2n) is 6.04. The number of benzene rings is 1. The van der Waals surface area contributed by atoms with Crippen molar-refractivity contribution in [3.63, 3.8) is 0 Å². The topological polar surface area (TPSA) is 54.4 Å². The van der Waals surface area contributed by atoms with Crippen molar-refractivity contribution in [3.8, 4) is 0 Å². The molecule has 0 bridgehead atoms. The van der Waals surface area contributed by atoms with Crippen molar-refractivity contribution in [2.24, 2.45) is 5.41 Å². The van der Waals surface area contributed by atoms with E-state index in [0.717, 1.165) is 5.56 Å². The predicted molar refractivity (Wildman–Crippen MR) is 68.8 cm³/mol. The van der Waals surface area contributed by atoms with Crippen LogP contribution in [-0.2, 0) is 10.2 Å². The Hall–Kier alpha value is -1.64. The van der Waals surface area contributed by atoms with E-state index in [4.69, 9.17) is 0 Å². The van der Waals surface area contributed by atoms with Crippen LogP contribution in [0.25, 0.3) is 0 Å². The quantitative estimate of drug-likeness (QED) is 0.834. The van der Waals surface area contributed by atoms with Crippen molar-refractivity contribution in [3.05, 3.63) is 35.4 Å². The third kappa shape index (κ3) is 2.05. The number of carboxylic acid groups (broad SMARTS) is 1. The lowest BCUT2D eigenvalue weighted by Crippen LogP contribution is -2.21. The Balaban J connectivity index is 2.27. The third-order valence-corrected chi connectivity index (χ3v) is 3.54. The Kier molecular flexibility index (Phi) is 2.80. The highest BCUT2D eigenvalue weighted by atomic mass is 16.4. The Bertz CT molecular complexity index is 487. The second-order valence-corrected chi connectivity index (χ2v) is 6.04. The molecule has 1 fully saturated rings. The van der Waals surface area contributed by atoms with E-state index in [9.17, 15) is 14.7 Å². The molecule has 0 radical (unpaired) electrons. The van der Waals surface area contributed by atoms with Crippen molar-refractivity contribution in [1.29, 1.82) is 0 Å². The molecule has 3 nitrogen and oxygen atoms in total. The van der Waals surface area contributed by atoms with Gasteiger partial charge in [0.2, 0.25) is 0 Å². The van der Waals surface area contributed by atoms with Gasteiger partial charge < -0.3 is 5.11 Å². The maximum Gasteiger partial charge on any atom is 0.314 e. The summed E-state index contributed by atoms with van der Waals surface area (Å²) in [7, 11) is 0. The maximum atomic E-state index is 12.1. The number of rotatable bonds is 3. The van der Waals surface area contributed by atoms with Gasteiger partial charge >= 0.3 is 5.97 Å². The summed E-state index contributed by atoms with van der Waals surface area (Å²) in [5.41, 5.74) is 0.349. The smallest absolute Gasteiger partial charge is 0.314 e. The van der Waals surface area contributed by atoms with E-state index in [1.165, 1.54) is 0 Å². The maximum absolute atomic E-state index is 12.1. The molecular weight excluding hydrogens is 228 g/mol. The average molecular weight is 246 g/mol. The van der Waals surface area contributed by atoms with Crippen LogP contribution in [-0.4, -0.2) is 16.9 Å². The van der Waals surface area contributed by atoms with Gasteiger partial charge in [-0.25, -0.2) is 0 Å². The zero-order valence-electron chi connectivity index (χ0n) is 11.0. The van der Waals surface area contributed by atoms with E-state index in [2.05, 4.69) is 0 Å². The fourth-order valence-electron chi connectivity index (χ4n) is 2.12. The van der Waals surface area contributed by atoms with Gasteiger partial charge in [0.25, 0.3) is 0 Å². The molecule has 0 aromatic heterocycles.